The van der Waals surface area contributed by atoms with Gasteiger partial charge in [-0.1, -0.05) is 6.07 Å². The average molecular weight is 584 g/mol. The van der Waals surface area contributed by atoms with Crippen LogP contribution in [0.5, 0.6) is 11.5 Å². The predicted octanol–water partition coefficient (Wildman–Crippen LogP) is 3.02. The second-order valence-corrected chi connectivity index (χ2v) is 11.6. The largest absolute Gasteiger partial charge is 0.494 e. The number of para-hydroxylation sites is 1. The summed E-state index contributed by atoms with van der Waals surface area (Å²) in [6.07, 6.45) is 4.50. The van der Waals surface area contributed by atoms with Crippen LogP contribution in [0.4, 0.5) is 5.95 Å². The van der Waals surface area contributed by atoms with Crippen LogP contribution in [-0.4, -0.2) is 75.4 Å². The normalized spacial score (nSPS) is 13.8. The van der Waals surface area contributed by atoms with Gasteiger partial charge in [0.1, 0.15) is 28.5 Å². The number of nitrogens with zero attached hydrogens (tertiary/aromatic N) is 6. The van der Waals surface area contributed by atoms with Crippen LogP contribution < -0.4 is 14.2 Å². The number of aromatic nitrogens is 6. The van der Waals surface area contributed by atoms with Crippen molar-refractivity contribution in [3.8, 4) is 28.6 Å². The number of hydrogen-bond acceptors (Lipinski definition) is 11. The minimum absolute atomic E-state index is 0.116. The minimum atomic E-state index is -4.22. The average Bonchev–Trinajstić information content (AvgIpc) is 3.35. The molecule has 14 heteroatoms. The number of rotatable bonds is 12. The lowest BCUT2D eigenvalue weighted by Crippen LogP contribution is -2.35. The Balaban J connectivity index is 1.83. The summed E-state index contributed by atoms with van der Waals surface area (Å²) in [5.41, 5.74) is 2.65. The van der Waals surface area contributed by atoms with Crippen LogP contribution in [0.3, 0.4) is 0 Å². The maximum Gasteiger partial charge on any atom is 0.243 e. The van der Waals surface area contributed by atoms with Gasteiger partial charge in [0, 0.05) is 30.4 Å². The van der Waals surface area contributed by atoms with Crippen LogP contribution >= 0.6 is 0 Å². The minimum Gasteiger partial charge on any atom is -0.494 e. The fourth-order valence-corrected chi connectivity index (χ4v) is 5.17. The summed E-state index contributed by atoms with van der Waals surface area (Å²) in [7, 11) is -1.23. The molecule has 0 radical (unpaired) electrons. The van der Waals surface area contributed by atoms with Crippen LogP contribution in [0.25, 0.3) is 17.1 Å². The molecule has 0 spiro atoms. The van der Waals surface area contributed by atoms with Crippen molar-refractivity contribution in [2.45, 2.75) is 45.2 Å². The van der Waals surface area contributed by atoms with E-state index in [1.165, 1.54) is 32.6 Å². The monoisotopic (exact) mass is 583 g/mol. The summed E-state index contributed by atoms with van der Waals surface area (Å²) in [6, 6.07) is 7.03. The van der Waals surface area contributed by atoms with Crippen molar-refractivity contribution >= 4 is 16.0 Å². The second kappa shape index (κ2) is 12.6. The fourth-order valence-electron chi connectivity index (χ4n) is 4.07. The van der Waals surface area contributed by atoms with Crippen molar-refractivity contribution < 1.29 is 27.7 Å². The summed E-state index contributed by atoms with van der Waals surface area (Å²) < 4.78 is 48.8. The number of aliphatic hydroxyl groups is 1. The molecule has 0 unspecified atom stereocenters. The Labute approximate surface area is 238 Å². The Morgan fingerprint density at radius 1 is 0.976 bits per heavy atom. The molecule has 0 saturated heterocycles. The lowest BCUT2D eigenvalue weighted by molar-refractivity contribution is -0.00765. The van der Waals surface area contributed by atoms with Gasteiger partial charge in [-0.3, -0.25) is 14.3 Å². The maximum atomic E-state index is 13.9. The number of aliphatic hydroxyl groups excluding tert-OH is 1. The van der Waals surface area contributed by atoms with Gasteiger partial charge in [-0.25, -0.2) is 18.4 Å². The van der Waals surface area contributed by atoms with Crippen molar-refractivity contribution in [1.29, 1.82) is 0 Å². The molecular weight excluding hydrogens is 550 g/mol. The van der Waals surface area contributed by atoms with Crippen LogP contribution in [0.15, 0.2) is 49.1 Å². The summed E-state index contributed by atoms with van der Waals surface area (Å²) in [6.45, 7) is 6.58. The van der Waals surface area contributed by atoms with Gasteiger partial charge in [-0.2, -0.15) is 0 Å². The molecule has 2 N–H and O–H groups in total. The fraction of sp³-hybridized carbons (Fsp3) is 0.370. The van der Waals surface area contributed by atoms with Crippen LogP contribution in [0.2, 0.25) is 0 Å². The van der Waals surface area contributed by atoms with Crippen LogP contribution in [-0.2, 0) is 14.8 Å². The molecule has 0 bridgehead atoms. The topological polar surface area (TPSA) is 163 Å². The van der Waals surface area contributed by atoms with Gasteiger partial charge in [-0.05, 0) is 57.0 Å². The maximum absolute atomic E-state index is 13.9. The van der Waals surface area contributed by atoms with E-state index in [2.05, 4.69) is 29.9 Å². The predicted molar refractivity (Wildman–Crippen MR) is 152 cm³/mol. The van der Waals surface area contributed by atoms with Gasteiger partial charge >= 0.3 is 0 Å². The molecule has 0 aliphatic rings. The molecule has 3 heterocycles. The molecule has 0 aliphatic carbocycles. The first-order valence-corrected chi connectivity index (χ1v) is 14.3. The number of aryl methyl sites for hydroxylation is 2. The number of benzene rings is 1. The van der Waals surface area contributed by atoms with E-state index < -0.39 is 27.5 Å². The van der Waals surface area contributed by atoms with E-state index in [0.29, 0.717) is 28.6 Å². The highest BCUT2D eigenvalue weighted by atomic mass is 32.2. The third-order valence-corrected chi connectivity index (χ3v) is 7.84. The molecule has 0 saturated carbocycles. The Bertz CT molecular complexity index is 1570. The number of sulfonamides is 1. The molecule has 3 aromatic heterocycles. The Kier molecular flexibility index (Phi) is 9.15. The van der Waals surface area contributed by atoms with E-state index in [-0.39, 0.29) is 18.4 Å². The molecule has 1 aromatic carbocycles. The number of nitrogens with one attached hydrogen (secondary N) is 1. The Morgan fingerprint density at radius 3 is 2.22 bits per heavy atom. The molecule has 0 amide bonds. The number of pyridine rings is 1. The standard InChI is InChI=1S/C27H33N7O6S/c1-16-10-20(14-28-11-16)26-31-32-27(34(26)23-21(38-5)8-7-9-22(23)39-6)33-41(36,37)19(4)24(40-15-18(3)35)25-29-12-17(2)13-30-25/h7-14,18-19,24,35H,15H2,1-6H3,(H,32,33)/t18-,19+,24-/m0/s1. The molecular formula is C27H33N7O6S. The van der Waals surface area contributed by atoms with Gasteiger partial charge in [0.15, 0.2) is 11.6 Å². The van der Waals surface area contributed by atoms with Gasteiger partial charge in [0.25, 0.3) is 0 Å². The summed E-state index contributed by atoms with van der Waals surface area (Å²) in [5, 5.41) is 17.1. The lowest BCUT2D eigenvalue weighted by atomic mass is 10.2. The first-order chi connectivity index (χ1) is 19.6. The van der Waals surface area contributed by atoms with E-state index in [1.807, 2.05) is 19.9 Å². The van der Waals surface area contributed by atoms with Crippen molar-refractivity contribution in [2.75, 3.05) is 25.5 Å². The molecule has 3 atom stereocenters. The zero-order chi connectivity index (χ0) is 29.7. The molecule has 4 rings (SSSR count). The number of anilines is 1. The van der Waals surface area contributed by atoms with Gasteiger partial charge < -0.3 is 19.3 Å². The van der Waals surface area contributed by atoms with Crippen molar-refractivity contribution in [3.05, 3.63) is 66.0 Å². The van der Waals surface area contributed by atoms with Crippen molar-refractivity contribution in [3.63, 3.8) is 0 Å². The third-order valence-electron chi connectivity index (χ3n) is 6.14. The van der Waals surface area contributed by atoms with Gasteiger partial charge in [0.2, 0.25) is 16.0 Å². The van der Waals surface area contributed by atoms with E-state index >= 15 is 0 Å². The summed E-state index contributed by atoms with van der Waals surface area (Å²) in [4.78, 5) is 12.8. The third kappa shape index (κ3) is 6.61. The molecule has 218 valence electrons. The first kappa shape index (κ1) is 29.8. The number of hydrogen-bond donors (Lipinski definition) is 2. The summed E-state index contributed by atoms with van der Waals surface area (Å²) >= 11 is 0. The molecule has 41 heavy (non-hydrogen) atoms. The zero-order valence-electron chi connectivity index (χ0n) is 23.6. The van der Waals surface area contributed by atoms with Crippen LogP contribution in [0.1, 0.15) is 36.9 Å². The number of methoxy groups -OCH3 is 2. The highest BCUT2D eigenvalue weighted by Gasteiger charge is 2.36. The SMILES string of the molecule is COc1cccc(OC)c1-n1c(NS(=O)(=O)[C@H](C)[C@H](OC[C@H](C)O)c2ncc(C)cn2)nnc1-c1cncc(C)c1. The molecule has 0 aliphatic heterocycles. The molecule has 0 fully saturated rings. The zero-order valence-corrected chi connectivity index (χ0v) is 24.5. The van der Waals surface area contributed by atoms with E-state index in [4.69, 9.17) is 14.2 Å². The molecule has 13 nitrogen and oxygen atoms in total. The smallest absolute Gasteiger partial charge is 0.243 e. The summed E-state index contributed by atoms with van der Waals surface area (Å²) in [5.74, 6) is 1.14. The van der Waals surface area contributed by atoms with Gasteiger partial charge in [0.05, 0.1) is 26.9 Å². The quantitative estimate of drug-likeness (QED) is 0.252. The molecule has 4 aromatic rings. The lowest BCUT2D eigenvalue weighted by Gasteiger charge is -2.24. The van der Waals surface area contributed by atoms with Crippen LogP contribution in [0, 0.1) is 13.8 Å². The highest BCUT2D eigenvalue weighted by Crippen LogP contribution is 2.38. The van der Waals surface area contributed by atoms with Crippen molar-refractivity contribution in [2.24, 2.45) is 0 Å². The van der Waals surface area contributed by atoms with Gasteiger partial charge in [-0.15, -0.1) is 10.2 Å². The Hall–Kier alpha value is -4.14. The van der Waals surface area contributed by atoms with E-state index in [0.717, 1.165) is 11.1 Å². The van der Waals surface area contributed by atoms with Crippen molar-refractivity contribution in [1.82, 2.24) is 29.7 Å². The second-order valence-electron chi connectivity index (χ2n) is 9.52. The van der Waals surface area contributed by atoms with E-state index in [1.54, 1.807) is 43.0 Å². The Morgan fingerprint density at radius 2 is 1.63 bits per heavy atom. The first-order valence-electron chi connectivity index (χ1n) is 12.7. The highest BCUT2D eigenvalue weighted by molar-refractivity contribution is 7.93. The van der Waals surface area contributed by atoms with E-state index in [9.17, 15) is 13.5 Å². The number of ether oxygens (including phenoxy) is 3.